The summed E-state index contributed by atoms with van der Waals surface area (Å²) in [6.45, 7) is 0. The molecule has 0 spiro atoms. The Morgan fingerprint density at radius 3 is 2.44 bits per heavy atom. The summed E-state index contributed by atoms with van der Waals surface area (Å²) in [5.41, 5.74) is 4.83. The lowest BCUT2D eigenvalue weighted by Gasteiger charge is -2.11. The molecule has 2 rings (SSSR count). The van der Waals surface area contributed by atoms with Crippen molar-refractivity contribution in [1.29, 1.82) is 0 Å². The number of halogens is 3. The van der Waals surface area contributed by atoms with E-state index in [-0.39, 0.29) is 5.69 Å². The molecule has 2 N–H and O–H groups in total. The summed E-state index contributed by atoms with van der Waals surface area (Å²) in [6.07, 6.45) is -4.41. The second-order valence-corrected chi connectivity index (χ2v) is 4.22. The highest BCUT2D eigenvalue weighted by Crippen LogP contribution is 2.37. The molecule has 2 aromatic rings. The zero-order chi connectivity index (χ0) is 11.8. The van der Waals surface area contributed by atoms with E-state index in [9.17, 15) is 13.2 Å². The van der Waals surface area contributed by atoms with Crippen molar-refractivity contribution in [2.75, 3.05) is 5.73 Å². The van der Waals surface area contributed by atoms with E-state index in [0.29, 0.717) is 5.56 Å². The van der Waals surface area contributed by atoms with Crippen LogP contribution in [0.4, 0.5) is 18.9 Å². The zero-order valence-electron chi connectivity index (χ0n) is 8.08. The van der Waals surface area contributed by atoms with Gasteiger partial charge in [0.1, 0.15) is 0 Å². The van der Waals surface area contributed by atoms with Crippen LogP contribution in [-0.2, 0) is 6.18 Å². The average Bonchev–Trinajstić information content (AvgIpc) is 2.69. The topological polar surface area (TPSA) is 26.0 Å². The first kappa shape index (κ1) is 11.0. The van der Waals surface area contributed by atoms with Gasteiger partial charge in [-0.15, -0.1) is 11.3 Å². The molecule has 0 unspecified atom stereocenters. The number of rotatable bonds is 1. The Labute approximate surface area is 94.3 Å². The van der Waals surface area contributed by atoms with Gasteiger partial charge in [-0.25, -0.2) is 0 Å². The monoisotopic (exact) mass is 243 g/mol. The number of benzene rings is 1. The van der Waals surface area contributed by atoms with Gasteiger partial charge in [-0.2, -0.15) is 13.2 Å². The fourth-order valence-electron chi connectivity index (χ4n) is 1.40. The van der Waals surface area contributed by atoms with E-state index >= 15 is 0 Å². The molecule has 5 heteroatoms. The SMILES string of the molecule is Nc1ccc(-c2cccs2)cc1C(F)(F)F. The third kappa shape index (κ3) is 2.04. The number of nitrogens with two attached hydrogens (primary N) is 1. The third-order valence-corrected chi connectivity index (χ3v) is 3.08. The summed E-state index contributed by atoms with van der Waals surface area (Å²) in [7, 11) is 0. The van der Waals surface area contributed by atoms with Gasteiger partial charge in [0, 0.05) is 10.6 Å². The van der Waals surface area contributed by atoms with E-state index in [1.165, 1.54) is 17.4 Å². The van der Waals surface area contributed by atoms with Crippen LogP contribution in [0.5, 0.6) is 0 Å². The summed E-state index contributed by atoms with van der Waals surface area (Å²) < 4.78 is 37.8. The minimum Gasteiger partial charge on any atom is -0.398 e. The molecule has 0 amide bonds. The number of hydrogen-bond acceptors (Lipinski definition) is 2. The molecular weight excluding hydrogens is 235 g/mol. The molecule has 0 aliphatic heterocycles. The van der Waals surface area contributed by atoms with Crippen LogP contribution < -0.4 is 5.73 Å². The van der Waals surface area contributed by atoms with Crippen LogP contribution in [0.15, 0.2) is 35.7 Å². The second kappa shape index (κ2) is 3.83. The van der Waals surface area contributed by atoms with Gasteiger partial charge in [0.25, 0.3) is 0 Å². The van der Waals surface area contributed by atoms with Gasteiger partial charge in [-0.05, 0) is 29.1 Å². The van der Waals surface area contributed by atoms with Crippen molar-refractivity contribution in [1.82, 2.24) is 0 Å². The largest absolute Gasteiger partial charge is 0.418 e. The molecule has 1 aromatic heterocycles. The maximum absolute atomic E-state index is 12.6. The van der Waals surface area contributed by atoms with Crippen molar-refractivity contribution >= 4 is 17.0 Å². The van der Waals surface area contributed by atoms with Gasteiger partial charge in [0.15, 0.2) is 0 Å². The number of nitrogen functional groups attached to an aromatic ring is 1. The number of anilines is 1. The highest BCUT2D eigenvalue weighted by atomic mass is 32.1. The molecule has 1 heterocycles. The molecule has 1 nitrogen and oxygen atoms in total. The Kier molecular flexibility index (Phi) is 2.63. The highest BCUT2D eigenvalue weighted by molar-refractivity contribution is 7.13. The first-order valence-electron chi connectivity index (χ1n) is 4.49. The minimum absolute atomic E-state index is 0.243. The van der Waals surface area contributed by atoms with Gasteiger partial charge in [0.05, 0.1) is 5.56 Å². The van der Waals surface area contributed by atoms with Crippen LogP contribution >= 0.6 is 11.3 Å². The van der Waals surface area contributed by atoms with Crippen molar-refractivity contribution in [2.24, 2.45) is 0 Å². The molecule has 0 radical (unpaired) electrons. The normalized spacial score (nSPS) is 11.7. The summed E-state index contributed by atoms with van der Waals surface area (Å²) in [5, 5.41) is 1.82. The van der Waals surface area contributed by atoms with E-state index in [4.69, 9.17) is 5.73 Å². The van der Waals surface area contributed by atoms with Crippen LogP contribution in [0, 0.1) is 0 Å². The van der Waals surface area contributed by atoms with Crippen molar-refractivity contribution in [3.05, 3.63) is 41.3 Å². The lowest BCUT2D eigenvalue weighted by atomic mass is 10.1. The molecular formula is C11H8F3NS. The van der Waals surface area contributed by atoms with Crippen molar-refractivity contribution < 1.29 is 13.2 Å². The lowest BCUT2D eigenvalue weighted by molar-refractivity contribution is -0.136. The fourth-order valence-corrected chi connectivity index (χ4v) is 2.12. The van der Waals surface area contributed by atoms with Crippen molar-refractivity contribution in [3.8, 4) is 10.4 Å². The second-order valence-electron chi connectivity index (χ2n) is 3.28. The highest BCUT2D eigenvalue weighted by Gasteiger charge is 2.33. The van der Waals surface area contributed by atoms with E-state index in [2.05, 4.69) is 0 Å². The Morgan fingerprint density at radius 2 is 1.88 bits per heavy atom. The molecule has 84 valence electrons. The molecule has 0 saturated heterocycles. The summed E-state index contributed by atoms with van der Waals surface area (Å²) >= 11 is 1.39. The average molecular weight is 243 g/mol. The van der Waals surface area contributed by atoms with Gasteiger partial charge in [-0.3, -0.25) is 0 Å². The van der Waals surface area contributed by atoms with Gasteiger partial charge in [0.2, 0.25) is 0 Å². The fraction of sp³-hybridized carbons (Fsp3) is 0.0909. The Bertz CT molecular complexity index is 488. The minimum atomic E-state index is -4.41. The summed E-state index contributed by atoms with van der Waals surface area (Å²) in [4.78, 5) is 0.797. The first-order chi connectivity index (χ1) is 7.48. The van der Waals surface area contributed by atoms with Gasteiger partial charge >= 0.3 is 6.18 Å². The number of thiophene rings is 1. The van der Waals surface area contributed by atoms with Crippen LogP contribution in [0.1, 0.15) is 5.56 Å². The van der Waals surface area contributed by atoms with Gasteiger partial charge in [-0.1, -0.05) is 12.1 Å². The molecule has 0 aliphatic rings. The Hall–Kier alpha value is -1.49. The predicted molar refractivity (Wildman–Crippen MR) is 59.2 cm³/mol. The van der Waals surface area contributed by atoms with Crippen LogP contribution in [0.25, 0.3) is 10.4 Å². The van der Waals surface area contributed by atoms with E-state index in [1.807, 2.05) is 5.38 Å². The smallest absolute Gasteiger partial charge is 0.398 e. The van der Waals surface area contributed by atoms with Crippen molar-refractivity contribution in [3.63, 3.8) is 0 Å². The molecule has 0 aliphatic carbocycles. The van der Waals surface area contributed by atoms with Gasteiger partial charge < -0.3 is 5.73 Å². The van der Waals surface area contributed by atoms with Crippen LogP contribution in [-0.4, -0.2) is 0 Å². The molecule has 0 atom stereocenters. The molecule has 0 saturated carbocycles. The molecule has 1 aromatic carbocycles. The standard InChI is InChI=1S/C11H8F3NS/c12-11(13,14)8-6-7(3-4-9(8)15)10-2-1-5-16-10/h1-6H,15H2. The zero-order valence-corrected chi connectivity index (χ0v) is 8.90. The number of alkyl halides is 3. The van der Waals surface area contributed by atoms with Crippen LogP contribution in [0.2, 0.25) is 0 Å². The maximum Gasteiger partial charge on any atom is 0.418 e. The lowest BCUT2D eigenvalue weighted by Crippen LogP contribution is -2.08. The van der Waals surface area contributed by atoms with Crippen molar-refractivity contribution in [2.45, 2.75) is 6.18 Å². The number of hydrogen-bond donors (Lipinski definition) is 1. The third-order valence-electron chi connectivity index (χ3n) is 2.16. The van der Waals surface area contributed by atoms with Crippen LogP contribution in [0.3, 0.4) is 0 Å². The molecule has 0 fully saturated rings. The molecule has 16 heavy (non-hydrogen) atoms. The summed E-state index contributed by atoms with van der Waals surface area (Å²) in [5.74, 6) is 0. The molecule has 0 bridgehead atoms. The maximum atomic E-state index is 12.6. The Balaban J connectivity index is 2.52. The quantitative estimate of drug-likeness (QED) is 0.752. The van der Waals surface area contributed by atoms with E-state index < -0.39 is 11.7 Å². The predicted octanol–water partition coefficient (Wildman–Crippen LogP) is 4.02. The first-order valence-corrected chi connectivity index (χ1v) is 5.37. The Morgan fingerprint density at radius 1 is 1.12 bits per heavy atom. The summed E-state index contributed by atoms with van der Waals surface area (Å²) in [6, 6.07) is 7.54. The van der Waals surface area contributed by atoms with E-state index in [1.54, 1.807) is 18.2 Å². The van der Waals surface area contributed by atoms with E-state index in [0.717, 1.165) is 10.9 Å².